The molecule has 2 aliphatic rings. The highest BCUT2D eigenvalue weighted by molar-refractivity contribution is 5.26. The fraction of sp³-hybridized carbons (Fsp3) is 0.750. The van der Waals surface area contributed by atoms with Gasteiger partial charge in [-0.25, -0.2) is 0 Å². The second kappa shape index (κ2) is 1.75. The Labute approximate surface area is 55.8 Å². The quantitative estimate of drug-likeness (QED) is 0.467. The van der Waals surface area contributed by atoms with Crippen LogP contribution in [0.25, 0.3) is 0 Å². The Kier molecular flexibility index (Phi) is 1.03. The molecule has 1 spiro atoms. The molecule has 0 aromatic rings. The number of hydrogen-bond acceptors (Lipinski definition) is 1. The highest BCUT2D eigenvalue weighted by Gasteiger charge is 2.32. The van der Waals surface area contributed by atoms with Crippen LogP contribution in [0.2, 0.25) is 0 Å². The van der Waals surface area contributed by atoms with E-state index < -0.39 is 0 Å². The molecule has 1 fully saturated rings. The summed E-state index contributed by atoms with van der Waals surface area (Å²) in [4.78, 5) is 0. The molecule has 1 aliphatic carbocycles. The summed E-state index contributed by atoms with van der Waals surface area (Å²) in [5.74, 6) is 6.36. The van der Waals surface area contributed by atoms with Gasteiger partial charge in [0.15, 0.2) is 0 Å². The van der Waals surface area contributed by atoms with Gasteiger partial charge in [0.25, 0.3) is 0 Å². The maximum Gasteiger partial charge on any atom is 0.0447 e. The van der Waals surface area contributed by atoms with E-state index in [9.17, 15) is 0 Å². The van der Waals surface area contributed by atoms with Crippen molar-refractivity contribution in [1.82, 2.24) is 5.32 Å². The normalized spacial score (nSPS) is 28.4. The minimum Gasteiger partial charge on any atom is -0.317 e. The molecule has 1 nitrogen and oxygen atoms in total. The van der Waals surface area contributed by atoms with Crippen LogP contribution in [0.1, 0.15) is 19.3 Å². The summed E-state index contributed by atoms with van der Waals surface area (Å²) in [6.07, 6.45) is 3.72. The van der Waals surface area contributed by atoms with Crippen LogP contribution in [0.4, 0.5) is 0 Å². The summed E-state index contributed by atoms with van der Waals surface area (Å²) in [6, 6.07) is 0. The molecule has 0 radical (unpaired) electrons. The average Bonchev–Trinajstić information content (AvgIpc) is 1.87. The molecule has 0 aromatic heterocycles. The molecule has 0 aromatic carbocycles. The van der Waals surface area contributed by atoms with Gasteiger partial charge in [-0.15, -0.1) is 5.92 Å². The lowest BCUT2D eigenvalue weighted by Gasteiger charge is -2.35. The van der Waals surface area contributed by atoms with Gasteiger partial charge in [-0.2, -0.15) is 0 Å². The van der Waals surface area contributed by atoms with Crippen molar-refractivity contribution in [2.24, 2.45) is 5.41 Å². The third kappa shape index (κ3) is 0.746. The van der Waals surface area contributed by atoms with Crippen LogP contribution in [0.5, 0.6) is 0 Å². The van der Waals surface area contributed by atoms with Crippen LogP contribution in [0, 0.1) is 17.3 Å². The lowest BCUT2D eigenvalue weighted by molar-refractivity contribution is 0.277. The first-order valence-corrected chi connectivity index (χ1v) is 3.62. The van der Waals surface area contributed by atoms with Crippen LogP contribution in [0.3, 0.4) is 0 Å². The van der Waals surface area contributed by atoms with E-state index in [1.807, 2.05) is 0 Å². The highest BCUT2D eigenvalue weighted by atomic mass is 14.9. The summed E-state index contributed by atoms with van der Waals surface area (Å²) in [6.45, 7) is 2.35. The monoisotopic (exact) mass is 121 g/mol. The van der Waals surface area contributed by atoms with Crippen molar-refractivity contribution in [2.75, 3.05) is 13.1 Å². The van der Waals surface area contributed by atoms with Gasteiger partial charge in [0, 0.05) is 11.8 Å². The number of piperidine rings is 1. The van der Waals surface area contributed by atoms with Crippen LogP contribution in [-0.2, 0) is 0 Å². The molecule has 9 heavy (non-hydrogen) atoms. The first-order valence-electron chi connectivity index (χ1n) is 3.62. The van der Waals surface area contributed by atoms with Gasteiger partial charge in [0.05, 0.1) is 0 Å². The fourth-order valence-electron chi connectivity index (χ4n) is 1.55. The summed E-state index contributed by atoms with van der Waals surface area (Å²) in [5, 5.41) is 3.34. The van der Waals surface area contributed by atoms with Gasteiger partial charge in [-0.1, -0.05) is 5.92 Å². The second-order valence-electron chi connectivity index (χ2n) is 3.01. The summed E-state index contributed by atoms with van der Waals surface area (Å²) >= 11 is 0. The molecular formula is C8H11N. The molecule has 2 rings (SSSR count). The number of rotatable bonds is 0. The molecule has 1 aliphatic heterocycles. The smallest absolute Gasteiger partial charge is 0.0447 e. The predicted molar refractivity (Wildman–Crippen MR) is 36.9 cm³/mol. The molecule has 1 saturated heterocycles. The third-order valence-corrected chi connectivity index (χ3v) is 2.34. The van der Waals surface area contributed by atoms with E-state index in [4.69, 9.17) is 0 Å². The lowest BCUT2D eigenvalue weighted by atomic mass is 9.72. The molecule has 0 unspecified atom stereocenters. The van der Waals surface area contributed by atoms with Gasteiger partial charge in [0.1, 0.15) is 0 Å². The zero-order valence-corrected chi connectivity index (χ0v) is 5.54. The molecule has 48 valence electrons. The van der Waals surface area contributed by atoms with Crippen molar-refractivity contribution in [1.29, 1.82) is 0 Å². The van der Waals surface area contributed by atoms with Gasteiger partial charge in [0.2, 0.25) is 0 Å². The van der Waals surface area contributed by atoms with Gasteiger partial charge in [-0.05, 0) is 25.9 Å². The average molecular weight is 121 g/mol. The van der Waals surface area contributed by atoms with E-state index in [0.29, 0.717) is 5.41 Å². The molecule has 0 saturated carbocycles. The van der Waals surface area contributed by atoms with Gasteiger partial charge < -0.3 is 5.32 Å². The van der Waals surface area contributed by atoms with E-state index in [0.717, 1.165) is 6.42 Å². The Bertz CT molecular complexity index is 167. The summed E-state index contributed by atoms with van der Waals surface area (Å²) < 4.78 is 0. The van der Waals surface area contributed by atoms with Crippen LogP contribution < -0.4 is 5.32 Å². The molecular weight excluding hydrogens is 110 g/mol. The summed E-state index contributed by atoms with van der Waals surface area (Å²) in [5.41, 5.74) is 0.477. The fourth-order valence-corrected chi connectivity index (χ4v) is 1.55. The zero-order chi connectivity index (χ0) is 6.16. The first-order chi connectivity index (χ1) is 4.41. The molecule has 1 heteroatoms. The first kappa shape index (κ1) is 5.32. The Morgan fingerprint density at radius 3 is 2.22 bits per heavy atom. The Balaban J connectivity index is 2.06. The SMILES string of the molecule is C1#CC2(C1)CCNCC2. The van der Waals surface area contributed by atoms with Gasteiger partial charge in [-0.3, -0.25) is 0 Å². The third-order valence-electron chi connectivity index (χ3n) is 2.34. The van der Waals surface area contributed by atoms with Crippen molar-refractivity contribution >= 4 is 0 Å². The van der Waals surface area contributed by atoms with E-state index >= 15 is 0 Å². The Morgan fingerprint density at radius 2 is 1.89 bits per heavy atom. The second-order valence-corrected chi connectivity index (χ2v) is 3.01. The van der Waals surface area contributed by atoms with Crippen LogP contribution in [-0.4, -0.2) is 13.1 Å². The topological polar surface area (TPSA) is 12.0 Å². The summed E-state index contributed by atoms with van der Waals surface area (Å²) in [7, 11) is 0. The van der Waals surface area contributed by atoms with E-state index in [-0.39, 0.29) is 0 Å². The molecule has 0 amide bonds. The van der Waals surface area contributed by atoms with E-state index in [1.54, 1.807) is 0 Å². The van der Waals surface area contributed by atoms with E-state index in [1.165, 1.54) is 25.9 Å². The van der Waals surface area contributed by atoms with Crippen molar-refractivity contribution in [3.63, 3.8) is 0 Å². The van der Waals surface area contributed by atoms with Crippen molar-refractivity contribution in [3.8, 4) is 11.8 Å². The molecule has 1 heterocycles. The maximum atomic E-state index is 3.34. The lowest BCUT2D eigenvalue weighted by Crippen LogP contribution is -2.38. The van der Waals surface area contributed by atoms with Crippen molar-refractivity contribution in [3.05, 3.63) is 0 Å². The largest absolute Gasteiger partial charge is 0.317 e. The molecule has 0 bridgehead atoms. The minimum atomic E-state index is 0.477. The van der Waals surface area contributed by atoms with Crippen molar-refractivity contribution in [2.45, 2.75) is 19.3 Å². The molecule has 1 N–H and O–H groups in total. The standard InChI is InChI=1S/C8H11N/c1-2-8(3-1)4-6-9-7-5-8/h9H,2,4-7H2. The van der Waals surface area contributed by atoms with E-state index in [2.05, 4.69) is 17.2 Å². The Morgan fingerprint density at radius 1 is 1.22 bits per heavy atom. The number of hydrogen-bond donors (Lipinski definition) is 1. The van der Waals surface area contributed by atoms with Gasteiger partial charge >= 0.3 is 0 Å². The number of nitrogens with one attached hydrogen (secondary N) is 1. The van der Waals surface area contributed by atoms with Crippen LogP contribution in [0.15, 0.2) is 0 Å². The Hall–Kier alpha value is -0.480. The van der Waals surface area contributed by atoms with Crippen molar-refractivity contribution < 1.29 is 0 Å². The zero-order valence-electron chi connectivity index (χ0n) is 5.54. The van der Waals surface area contributed by atoms with Crippen LogP contribution >= 0.6 is 0 Å². The molecule has 0 atom stereocenters. The maximum absolute atomic E-state index is 3.34. The predicted octanol–water partition coefficient (Wildman–Crippen LogP) is 0.763. The highest BCUT2D eigenvalue weighted by Crippen LogP contribution is 2.35. The minimum absolute atomic E-state index is 0.477.